The first-order chi connectivity index (χ1) is 8.74. The Morgan fingerprint density at radius 1 is 1.28 bits per heavy atom. The summed E-state index contributed by atoms with van der Waals surface area (Å²) in [6.07, 6.45) is 6.34. The number of hydrogen-bond donors (Lipinski definition) is 1. The van der Waals surface area contributed by atoms with Gasteiger partial charge in [-0.3, -0.25) is 0 Å². The van der Waals surface area contributed by atoms with Crippen LogP contribution in [0.25, 0.3) is 0 Å². The summed E-state index contributed by atoms with van der Waals surface area (Å²) in [5.41, 5.74) is 6.59. The van der Waals surface area contributed by atoms with Crippen molar-refractivity contribution >= 4 is 5.69 Å². The van der Waals surface area contributed by atoms with Crippen LogP contribution in [0.1, 0.15) is 32.1 Å². The van der Waals surface area contributed by atoms with Crippen LogP contribution < -0.4 is 10.6 Å². The number of nitrogens with two attached hydrogens (primary N) is 1. The zero-order valence-electron chi connectivity index (χ0n) is 11.1. The maximum Gasteiger partial charge on any atom is 0.146 e. The van der Waals surface area contributed by atoms with Gasteiger partial charge in [0.2, 0.25) is 0 Å². The van der Waals surface area contributed by atoms with Gasteiger partial charge >= 0.3 is 0 Å². The number of halogens is 1. The maximum atomic E-state index is 13.8. The Hall–Kier alpha value is -1.09. The third-order valence-corrected chi connectivity index (χ3v) is 4.17. The van der Waals surface area contributed by atoms with E-state index in [1.807, 2.05) is 24.1 Å². The zero-order chi connectivity index (χ0) is 13.0. The van der Waals surface area contributed by atoms with Crippen molar-refractivity contribution in [1.29, 1.82) is 0 Å². The normalized spacial score (nSPS) is 18.6. The molecule has 3 heteroatoms. The van der Waals surface area contributed by atoms with E-state index in [0.29, 0.717) is 18.2 Å². The molecule has 2 rings (SSSR count). The molecule has 18 heavy (non-hydrogen) atoms. The minimum Gasteiger partial charge on any atom is -0.368 e. The molecule has 0 bridgehead atoms. The molecule has 100 valence electrons. The third-order valence-electron chi connectivity index (χ3n) is 4.17. The van der Waals surface area contributed by atoms with Gasteiger partial charge in [-0.2, -0.15) is 0 Å². The Labute approximate surface area is 109 Å². The minimum atomic E-state index is -0.158. The third kappa shape index (κ3) is 2.83. The molecule has 0 radical (unpaired) electrons. The van der Waals surface area contributed by atoms with Crippen molar-refractivity contribution in [3.8, 4) is 0 Å². The Bertz CT molecular complexity index is 375. The Morgan fingerprint density at radius 2 is 1.94 bits per heavy atom. The zero-order valence-corrected chi connectivity index (χ0v) is 11.1. The molecule has 1 aliphatic rings. The van der Waals surface area contributed by atoms with Gasteiger partial charge in [-0.25, -0.2) is 4.39 Å². The lowest BCUT2D eigenvalue weighted by molar-refractivity contribution is 0.301. The van der Waals surface area contributed by atoms with Gasteiger partial charge < -0.3 is 10.6 Å². The van der Waals surface area contributed by atoms with Crippen LogP contribution in [0.2, 0.25) is 0 Å². The molecule has 0 heterocycles. The van der Waals surface area contributed by atoms with Crippen LogP contribution >= 0.6 is 0 Å². The highest BCUT2D eigenvalue weighted by molar-refractivity contribution is 5.48. The summed E-state index contributed by atoms with van der Waals surface area (Å²) in [5, 5.41) is 0. The number of rotatable bonds is 4. The number of para-hydroxylation sites is 1. The van der Waals surface area contributed by atoms with E-state index in [9.17, 15) is 4.39 Å². The van der Waals surface area contributed by atoms with Crippen molar-refractivity contribution in [2.45, 2.75) is 38.1 Å². The molecule has 0 saturated heterocycles. The first-order valence-corrected chi connectivity index (χ1v) is 6.91. The predicted molar refractivity (Wildman–Crippen MR) is 74.2 cm³/mol. The second kappa shape index (κ2) is 6.19. The van der Waals surface area contributed by atoms with Crippen molar-refractivity contribution in [3.05, 3.63) is 30.1 Å². The largest absolute Gasteiger partial charge is 0.368 e. The summed E-state index contributed by atoms with van der Waals surface area (Å²) < 4.78 is 13.8. The quantitative estimate of drug-likeness (QED) is 0.889. The lowest BCUT2D eigenvalue weighted by atomic mass is 9.83. The van der Waals surface area contributed by atoms with Crippen molar-refractivity contribution in [2.24, 2.45) is 11.7 Å². The molecule has 0 aliphatic heterocycles. The van der Waals surface area contributed by atoms with Crippen molar-refractivity contribution in [1.82, 2.24) is 0 Å². The second-order valence-electron chi connectivity index (χ2n) is 5.26. The van der Waals surface area contributed by atoms with Gasteiger partial charge in [0.1, 0.15) is 5.82 Å². The van der Waals surface area contributed by atoms with Gasteiger partial charge in [0.05, 0.1) is 5.69 Å². The highest BCUT2D eigenvalue weighted by Gasteiger charge is 2.26. The van der Waals surface area contributed by atoms with E-state index in [4.69, 9.17) is 5.73 Å². The number of anilines is 1. The summed E-state index contributed by atoms with van der Waals surface area (Å²) in [7, 11) is 1.96. The number of benzene rings is 1. The van der Waals surface area contributed by atoms with E-state index in [1.165, 1.54) is 38.2 Å². The molecule has 0 spiro atoms. The molecule has 0 amide bonds. The van der Waals surface area contributed by atoms with Crippen LogP contribution in [0, 0.1) is 11.7 Å². The van der Waals surface area contributed by atoms with Crippen LogP contribution in [-0.2, 0) is 0 Å². The molecule has 1 unspecified atom stereocenters. The Balaban J connectivity index is 2.14. The number of hydrogen-bond acceptors (Lipinski definition) is 2. The number of likely N-dealkylation sites (N-methyl/N-ethyl adjacent to an activating group) is 1. The lowest BCUT2D eigenvalue weighted by Crippen LogP contribution is -2.44. The van der Waals surface area contributed by atoms with E-state index >= 15 is 0 Å². The SMILES string of the molecule is CN(c1ccccc1F)C(CN)C1CCCCC1. The molecule has 1 fully saturated rings. The van der Waals surface area contributed by atoms with Crippen LogP contribution in [-0.4, -0.2) is 19.6 Å². The standard InChI is InChI=1S/C15H23FN2/c1-18(14-10-6-5-9-13(14)16)15(11-17)12-7-3-2-4-8-12/h5-6,9-10,12,15H,2-4,7-8,11,17H2,1H3. The van der Waals surface area contributed by atoms with E-state index < -0.39 is 0 Å². The van der Waals surface area contributed by atoms with Crippen LogP contribution in [0.3, 0.4) is 0 Å². The van der Waals surface area contributed by atoms with Gasteiger partial charge in [0.15, 0.2) is 0 Å². The topological polar surface area (TPSA) is 29.3 Å². The first kappa shape index (κ1) is 13.3. The molecule has 1 aliphatic carbocycles. The highest BCUT2D eigenvalue weighted by atomic mass is 19.1. The molecule has 2 N–H and O–H groups in total. The van der Waals surface area contributed by atoms with Gasteiger partial charge in [0, 0.05) is 19.6 Å². The Kier molecular flexibility index (Phi) is 4.59. The molecule has 1 saturated carbocycles. The lowest BCUT2D eigenvalue weighted by Gasteiger charge is -2.37. The summed E-state index contributed by atoms with van der Waals surface area (Å²) in [6.45, 7) is 0.593. The Morgan fingerprint density at radius 3 is 2.56 bits per heavy atom. The molecule has 1 aromatic rings. The van der Waals surface area contributed by atoms with Gasteiger partial charge in [-0.05, 0) is 30.9 Å². The van der Waals surface area contributed by atoms with Crippen molar-refractivity contribution in [3.63, 3.8) is 0 Å². The fraction of sp³-hybridized carbons (Fsp3) is 0.600. The fourth-order valence-electron chi connectivity index (χ4n) is 3.10. The average Bonchev–Trinajstić information content (AvgIpc) is 2.41. The van der Waals surface area contributed by atoms with Crippen molar-refractivity contribution < 1.29 is 4.39 Å². The van der Waals surface area contributed by atoms with Gasteiger partial charge in [-0.1, -0.05) is 31.4 Å². The van der Waals surface area contributed by atoms with E-state index in [0.717, 1.165) is 0 Å². The van der Waals surface area contributed by atoms with Crippen LogP contribution in [0.4, 0.5) is 10.1 Å². The molecular formula is C15H23FN2. The average molecular weight is 250 g/mol. The monoisotopic (exact) mass is 250 g/mol. The van der Waals surface area contributed by atoms with E-state index in [2.05, 4.69) is 0 Å². The first-order valence-electron chi connectivity index (χ1n) is 6.91. The summed E-state index contributed by atoms with van der Waals surface area (Å²) in [4.78, 5) is 2.03. The number of nitrogens with zero attached hydrogens (tertiary/aromatic N) is 1. The molecule has 1 atom stereocenters. The molecule has 0 aromatic heterocycles. The second-order valence-corrected chi connectivity index (χ2v) is 5.26. The van der Waals surface area contributed by atoms with Crippen LogP contribution in [0.15, 0.2) is 24.3 Å². The van der Waals surface area contributed by atoms with E-state index in [-0.39, 0.29) is 11.9 Å². The van der Waals surface area contributed by atoms with Gasteiger partial charge in [-0.15, -0.1) is 0 Å². The van der Waals surface area contributed by atoms with Gasteiger partial charge in [0.25, 0.3) is 0 Å². The maximum absolute atomic E-state index is 13.8. The van der Waals surface area contributed by atoms with Crippen LogP contribution in [0.5, 0.6) is 0 Å². The van der Waals surface area contributed by atoms with Crippen molar-refractivity contribution in [2.75, 3.05) is 18.5 Å². The summed E-state index contributed by atoms with van der Waals surface area (Å²) >= 11 is 0. The molecular weight excluding hydrogens is 227 g/mol. The fourth-order valence-corrected chi connectivity index (χ4v) is 3.10. The molecule has 1 aromatic carbocycles. The predicted octanol–water partition coefficient (Wildman–Crippen LogP) is 3.17. The minimum absolute atomic E-state index is 0.158. The summed E-state index contributed by atoms with van der Waals surface area (Å²) in [6, 6.07) is 7.21. The van der Waals surface area contributed by atoms with E-state index in [1.54, 1.807) is 6.07 Å². The highest BCUT2D eigenvalue weighted by Crippen LogP contribution is 2.31. The molecule has 2 nitrogen and oxygen atoms in total. The summed E-state index contributed by atoms with van der Waals surface area (Å²) in [5.74, 6) is 0.447. The smallest absolute Gasteiger partial charge is 0.146 e.